The third kappa shape index (κ3) is 15.0. The Morgan fingerprint density at radius 2 is 0.656 bits per heavy atom. The fourth-order valence-electron chi connectivity index (χ4n) is 4.66. The second kappa shape index (κ2) is 19.6. The van der Waals surface area contributed by atoms with Crippen molar-refractivity contribution in [2.45, 2.75) is 153 Å². The van der Waals surface area contributed by atoms with E-state index in [9.17, 15) is 4.79 Å². The van der Waals surface area contributed by atoms with Crippen molar-refractivity contribution in [3.8, 4) is 0 Å². The Balaban J connectivity index is 1.56. The summed E-state index contributed by atoms with van der Waals surface area (Å²) in [7, 11) is 0. The number of hydrogen-bond acceptors (Lipinski definition) is 7. The van der Waals surface area contributed by atoms with E-state index in [4.69, 9.17) is 9.78 Å². The van der Waals surface area contributed by atoms with Crippen LogP contribution in [-0.4, -0.2) is 18.4 Å². The van der Waals surface area contributed by atoms with Crippen LogP contribution < -0.4 is 0 Å². The maximum absolute atomic E-state index is 11.7. The molecule has 0 N–H and O–H groups in total. The van der Waals surface area contributed by atoms with Gasteiger partial charge in [0.2, 0.25) is 0 Å². The second-order valence-corrected chi connectivity index (χ2v) is 9.51. The fourth-order valence-corrected chi connectivity index (χ4v) is 4.66. The normalized spacial score (nSPS) is 22.5. The third-order valence-corrected chi connectivity index (χ3v) is 6.66. The van der Waals surface area contributed by atoms with E-state index in [-0.39, 0.29) is 12.2 Å². The predicted molar refractivity (Wildman–Crippen MR) is 121 cm³/mol. The zero-order valence-corrected chi connectivity index (χ0v) is 20.1. The van der Waals surface area contributed by atoms with Gasteiger partial charge in [0.15, 0.2) is 0 Å². The Morgan fingerprint density at radius 3 is 0.938 bits per heavy atom. The van der Waals surface area contributed by atoms with Crippen molar-refractivity contribution in [3.05, 3.63) is 0 Å². The van der Waals surface area contributed by atoms with Crippen molar-refractivity contribution in [3.63, 3.8) is 0 Å². The highest BCUT2D eigenvalue weighted by atomic mass is 17.6. The molecule has 0 bridgehead atoms. The average molecular weight is 459 g/mol. The highest BCUT2D eigenvalue weighted by Gasteiger charge is 2.17. The van der Waals surface area contributed by atoms with E-state index in [1.165, 1.54) is 89.9 Å². The molecule has 0 radical (unpaired) electrons. The van der Waals surface area contributed by atoms with Crippen LogP contribution in [0.15, 0.2) is 0 Å². The zero-order valence-electron chi connectivity index (χ0n) is 20.1. The van der Waals surface area contributed by atoms with Crippen molar-refractivity contribution in [1.82, 2.24) is 0 Å². The molecule has 0 aliphatic heterocycles. The molecule has 0 saturated heterocycles. The summed E-state index contributed by atoms with van der Waals surface area (Å²) in [5, 5.41) is 9.37. The Kier molecular flexibility index (Phi) is 16.7. The molecule has 188 valence electrons. The molecule has 0 atom stereocenters. The maximum atomic E-state index is 11.7. The third-order valence-electron chi connectivity index (χ3n) is 6.66. The minimum atomic E-state index is -1.13. The molecule has 0 aromatic rings. The van der Waals surface area contributed by atoms with E-state index in [0.717, 1.165) is 51.4 Å². The van der Waals surface area contributed by atoms with E-state index in [0.29, 0.717) is 0 Å². The Hall–Kier alpha value is -0.890. The molecule has 2 aliphatic rings. The topological polar surface area (TPSA) is 72.5 Å². The monoisotopic (exact) mass is 458 g/mol. The van der Waals surface area contributed by atoms with Gasteiger partial charge in [-0.25, -0.2) is 9.78 Å². The largest absolute Gasteiger partial charge is 0.577 e. The van der Waals surface area contributed by atoms with Crippen molar-refractivity contribution >= 4 is 6.16 Å². The smallest absolute Gasteiger partial charge is 0.226 e. The molecule has 0 spiro atoms. The summed E-state index contributed by atoms with van der Waals surface area (Å²) in [6.45, 7) is 0. The summed E-state index contributed by atoms with van der Waals surface area (Å²) in [6, 6.07) is 0. The molecule has 0 aromatic carbocycles. The SMILES string of the molecule is O=C(OOOC1CCCCCCCCCCC1)OOOC1CCCCCCCCCCC1. The van der Waals surface area contributed by atoms with Gasteiger partial charge in [0.25, 0.3) is 0 Å². The highest BCUT2D eigenvalue weighted by Crippen LogP contribution is 2.20. The van der Waals surface area contributed by atoms with E-state index in [1.807, 2.05) is 0 Å². The van der Waals surface area contributed by atoms with Gasteiger partial charge < -0.3 is 0 Å². The predicted octanol–water partition coefficient (Wildman–Crippen LogP) is 8.21. The van der Waals surface area contributed by atoms with Crippen LogP contribution in [0.2, 0.25) is 0 Å². The number of carbonyl (C=O) groups is 1. The van der Waals surface area contributed by atoms with E-state index >= 15 is 0 Å². The van der Waals surface area contributed by atoms with Gasteiger partial charge >= 0.3 is 6.16 Å². The molecule has 2 fully saturated rings. The molecular weight excluding hydrogens is 412 g/mol. The van der Waals surface area contributed by atoms with Gasteiger partial charge in [0.05, 0.1) is 12.2 Å². The highest BCUT2D eigenvalue weighted by molar-refractivity contribution is 5.57. The second-order valence-electron chi connectivity index (χ2n) is 9.51. The zero-order chi connectivity index (χ0) is 22.5. The van der Waals surface area contributed by atoms with E-state index in [1.54, 1.807) is 0 Å². The number of rotatable bonds is 6. The van der Waals surface area contributed by atoms with Gasteiger partial charge in [0, 0.05) is 0 Å². The molecule has 0 heterocycles. The summed E-state index contributed by atoms with van der Waals surface area (Å²) in [5.74, 6) is 0. The Morgan fingerprint density at radius 1 is 0.406 bits per heavy atom. The first-order valence-corrected chi connectivity index (χ1v) is 13.4. The summed E-state index contributed by atoms with van der Waals surface area (Å²) >= 11 is 0. The summed E-state index contributed by atoms with van der Waals surface area (Å²) in [4.78, 5) is 31.4. The molecule has 2 aliphatic carbocycles. The molecular formula is C25H46O7. The minimum Gasteiger partial charge on any atom is -0.226 e. The minimum absolute atomic E-state index is 0.0735. The fraction of sp³-hybridized carbons (Fsp3) is 0.960. The van der Waals surface area contributed by atoms with Crippen LogP contribution in [0.25, 0.3) is 0 Å². The van der Waals surface area contributed by atoms with E-state index in [2.05, 4.69) is 19.9 Å². The quantitative estimate of drug-likeness (QED) is 0.293. The summed E-state index contributed by atoms with van der Waals surface area (Å²) in [5.41, 5.74) is 0. The standard InChI is InChI=1S/C25H46O7/c26-25(29-31-27-23-19-15-11-7-3-1-4-8-12-16-20-23)30-32-28-24-21-17-13-9-5-2-6-10-14-18-22-24/h23-24H,1-22H2. The lowest BCUT2D eigenvalue weighted by Gasteiger charge is -2.16. The molecule has 0 aromatic heterocycles. The first-order valence-electron chi connectivity index (χ1n) is 13.4. The lowest BCUT2D eigenvalue weighted by Crippen LogP contribution is -2.19. The van der Waals surface area contributed by atoms with Gasteiger partial charge in [-0.3, -0.25) is 0 Å². The lowest BCUT2D eigenvalue weighted by atomic mass is 9.99. The number of carbonyl (C=O) groups excluding carboxylic acids is 1. The Labute approximate surface area is 194 Å². The van der Waals surface area contributed by atoms with Gasteiger partial charge in [-0.2, -0.15) is 14.6 Å². The van der Waals surface area contributed by atoms with Crippen LogP contribution in [-0.2, 0) is 29.6 Å². The molecule has 7 heteroatoms. The van der Waals surface area contributed by atoms with Crippen molar-refractivity contribution in [1.29, 1.82) is 0 Å². The molecule has 2 saturated carbocycles. The van der Waals surface area contributed by atoms with Crippen LogP contribution >= 0.6 is 0 Å². The molecule has 7 nitrogen and oxygen atoms in total. The van der Waals surface area contributed by atoms with Gasteiger partial charge in [-0.05, 0) is 35.8 Å². The van der Waals surface area contributed by atoms with Crippen LogP contribution in [0.1, 0.15) is 141 Å². The average Bonchev–Trinajstić information content (AvgIpc) is 2.77. The number of hydrogen-bond donors (Lipinski definition) is 0. The first-order chi connectivity index (χ1) is 15.8. The van der Waals surface area contributed by atoms with E-state index < -0.39 is 6.16 Å². The Bertz CT molecular complexity index is 384. The van der Waals surface area contributed by atoms with Crippen molar-refractivity contribution < 1.29 is 34.4 Å². The van der Waals surface area contributed by atoms with Crippen LogP contribution in [0.3, 0.4) is 0 Å². The van der Waals surface area contributed by atoms with Gasteiger partial charge in [-0.1, -0.05) is 116 Å². The van der Waals surface area contributed by atoms with Crippen molar-refractivity contribution in [2.24, 2.45) is 0 Å². The van der Waals surface area contributed by atoms with Gasteiger partial charge in [0.1, 0.15) is 0 Å². The molecule has 2 rings (SSSR count). The first kappa shape index (κ1) is 27.4. The van der Waals surface area contributed by atoms with Crippen LogP contribution in [0.4, 0.5) is 4.79 Å². The lowest BCUT2D eigenvalue weighted by molar-refractivity contribution is -0.541. The van der Waals surface area contributed by atoms with Gasteiger partial charge in [-0.15, -0.1) is 0 Å². The molecule has 32 heavy (non-hydrogen) atoms. The van der Waals surface area contributed by atoms with Crippen LogP contribution in [0.5, 0.6) is 0 Å². The molecule has 0 amide bonds. The van der Waals surface area contributed by atoms with Crippen LogP contribution in [0, 0.1) is 0 Å². The van der Waals surface area contributed by atoms with Crippen molar-refractivity contribution in [2.75, 3.05) is 0 Å². The summed E-state index contributed by atoms with van der Waals surface area (Å²) < 4.78 is 0. The molecule has 0 unspecified atom stereocenters. The summed E-state index contributed by atoms with van der Waals surface area (Å²) in [6.07, 6.45) is 24.6. The maximum Gasteiger partial charge on any atom is 0.577 e.